The zero-order valence-electron chi connectivity index (χ0n) is 82.6. The molecule has 3 atom stereocenters. The molecule has 1 saturated heterocycles. The van der Waals surface area contributed by atoms with Gasteiger partial charge < -0.3 is 95.5 Å². The molecule has 10 aromatic carbocycles. The maximum atomic E-state index is 12.9. The lowest BCUT2D eigenvalue weighted by atomic mass is 9.92. The average molecular weight is 1960 g/mol. The second-order valence-electron chi connectivity index (χ2n) is 36.7. The van der Waals surface area contributed by atoms with Crippen LogP contribution >= 0.6 is 46.4 Å². The Bertz CT molecular complexity index is 5970. The first-order valence-corrected chi connectivity index (χ1v) is 47.0. The first-order valence-electron chi connectivity index (χ1n) is 45.5. The van der Waals surface area contributed by atoms with Crippen LogP contribution in [0.1, 0.15) is 253 Å². The molecule has 13 amide bonds. The van der Waals surface area contributed by atoms with Gasteiger partial charge in [0, 0.05) is 91.9 Å². The molecule has 1 fully saturated rings. The number of piperidine rings is 1. The Labute approximate surface area is 831 Å². The molecule has 10 aromatic rings. The molecule has 1 aliphatic rings. The highest BCUT2D eigenvalue weighted by molar-refractivity contribution is 6.35. The van der Waals surface area contributed by atoms with Crippen LogP contribution in [0, 0.1) is 13.8 Å². The van der Waals surface area contributed by atoms with E-state index in [4.69, 9.17) is 74.0 Å². The molecule has 0 aliphatic carbocycles. The Kier molecular flexibility index (Phi) is 41.2. The van der Waals surface area contributed by atoms with Crippen molar-refractivity contribution in [1.82, 2.24) is 41.3 Å². The SMILES string of the molecule is C/C(=N\O)c1cccc(C(C)(C)NC(=O)Nc2ccc(Cl)c(C(=O)N3CCCCC3)c2)c1.CC(N)c1cccc(C(C)(C)NC(=O)Nc2ccc(Cl)c(C(=O)N(C)C)c2)c1.CCN(CC)C(=O)c1cc(NC(=O)NC(C)(C)c2cccc(/C(C)=N/O)c2)ccc1Cl.Cc1cc(NC(=O)NC(C)(C)c2cccc(C(C)N)c2)ccc1Cl.Cc1ccc(NC(=O)NC(C)(C)c2cccc(C(C)N)c2)cc1. The van der Waals surface area contributed by atoms with Crippen LogP contribution in [0.5, 0.6) is 0 Å². The Morgan fingerprint density at radius 2 is 0.659 bits per heavy atom. The molecule has 11 rings (SSSR count). The number of oxime groups is 2. The second kappa shape index (κ2) is 50.8. The lowest BCUT2D eigenvalue weighted by Gasteiger charge is -2.28. The molecule has 28 nitrogen and oxygen atoms in total. The number of benzene rings is 10. The van der Waals surface area contributed by atoms with Crippen LogP contribution in [0.15, 0.2) is 229 Å². The summed E-state index contributed by atoms with van der Waals surface area (Å²) >= 11 is 24.6. The van der Waals surface area contributed by atoms with E-state index in [2.05, 4.69) is 63.5 Å². The highest BCUT2D eigenvalue weighted by atomic mass is 35.5. The molecule has 0 bridgehead atoms. The fourth-order valence-electron chi connectivity index (χ4n) is 14.5. The molecule has 0 spiro atoms. The smallest absolute Gasteiger partial charge is 0.319 e. The van der Waals surface area contributed by atoms with Crippen molar-refractivity contribution in [3.8, 4) is 0 Å². The van der Waals surface area contributed by atoms with Crippen LogP contribution in [-0.2, 0) is 27.7 Å². The molecule has 3 unspecified atom stereocenters. The Morgan fingerprint density at radius 3 is 0.971 bits per heavy atom. The van der Waals surface area contributed by atoms with Crippen molar-refractivity contribution in [2.45, 2.75) is 197 Å². The van der Waals surface area contributed by atoms with Gasteiger partial charge in [0.1, 0.15) is 0 Å². The van der Waals surface area contributed by atoms with E-state index in [1.54, 1.807) is 99.6 Å². The average Bonchev–Trinajstić information content (AvgIpc) is 0.836. The first kappa shape index (κ1) is 112. The van der Waals surface area contributed by atoms with E-state index >= 15 is 0 Å². The third-order valence-corrected chi connectivity index (χ3v) is 24.4. The summed E-state index contributed by atoms with van der Waals surface area (Å²) in [5.41, 5.74) is 31.0. The van der Waals surface area contributed by atoms with E-state index in [0.717, 1.165) is 105 Å². The number of rotatable bonds is 25. The van der Waals surface area contributed by atoms with Crippen molar-refractivity contribution in [3.05, 3.63) is 322 Å². The predicted octanol–water partition coefficient (Wildman–Crippen LogP) is 23.2. The van der Waals surface area contributed by atoms with Gasteiger partial charge in [-0.25, -0.2) is 24.0 Å². The molecule has 0 radical (unpaired) electrons. The standard InChI is InChI=1S/C24H29ClN4O3.C23H29ClN4O3.C21H27ClN4O2.C19H24ClN3O.C19H25N3O/c1-16(28-32)17-8-7-9-18(14-17)24(2,3)27-23(31)26-19-10-11-21(25)20(15-19)22(30)29-12-5-4-6-13-29;1-6-28(7-2)21(29)19-14-18(11-12-20(19)24)25-22(30)26-23(4,5)17-10-8-9-16(13-17)15(3)27-31;1-13(23)14-7-6-8-15(11-14)21(2,3)25-20(28)24-16-9-10-18(22)17(12-16)19(27)26(4)5;1-12-10-16(8-9-17(12)20)22-18(24)23-19(3,4)15-7-5-6-14(11-15)13(2)21;1-13-8-10-17(11-9-13)21-18(23)22-19(3,4)16-7-5-6-15(12-16)14(2)20/h7-11,14-15,32H,4-6,12-13H2,1-3H3,(H2,26,27,31);8-14,31H,6-7H2,1-5H3,(H2,25,26,30);6-13H,23H2,1-5H3,(H2,24,25,28);5-11,13H,21H2,1-4H3,(H2,22,23,24);5-12,14H,20H2,1-4H3,(H2,21,22,23)/b28-16+;27-15+;;;. The molecule has 736 valence electrons. The van der Waals surface area contributed by atoms with Gasteiger partial charge in [0.05, 0.1) is 70.9 Å². The van der Waals surface area contributed by atoms with Gasteiger partial charge in [-0.3, -0.25) is 14.4 Å². The van der Waals surface area contributed by atoms with Crippen LogP contribution in [0.3, 0.4) is 0 Å². The molecule has 0 saturated carbocycles. The number of nitrogens with one attached hydrogen (secondary N) is 10. The summed E-state index contributed by atoms with van der Waals surface area (Å²) in [7, 11) is 3.29. The van der Waals surface area contributed by atoms with E-state index in [-0.39, 0.29) is 53.9 Å². The van der Waals surface area contributed by atoms with Gasteiger partial charge >= 0.3 is 30.2 Å². The van der Waals surface area contributed by atoms with Crippen molar-refractivity contribution < 1.29 is 48.8 Å². The van der Waals surface area contributed by atoms with Gasteiger partial charge in [-0.15, -0.1) is 0 Å². The summed E-state index contributed by atoms with van der Waals surface area (Å²) < 4.78 is 0. The van der Waals surface area contributed by atoms with E-state index in [9.17, 15) is 38.4 Å². The number of hydrogen-bond donors (Lipinski definition) is 15. The summed E-state index contributed by atoms with van der Waals surface area (Å²) in [5, 5.41) is 55.1. The minimum Gasteiger partial charge on any atom is -0.411 e. The van der Waals surface area contributed by atoms with Gasteiger partial charge in [-0.2, -0.15) is 0 Å². The minimum atomic E-state index is -0.706. The first-order chi connectivity index (χ1) is 64.8. The summed E-state index contributed by atoms with van der Waals surface area (Å²) in [4.78, 5) is 105. The largest absolute Gasteiger partial charge is 0.411 e. The summed E-state index contributed by atoms with van der Waals surface area (Å²) in [6, 6.07) is 64.4. The fraction of sp³-hybridized carbons (Fsp3) is 0.340. The van der Waals surface area contributed by atoms with Crippen molar-refractivity contribution in [2.75, 3.05) is 66.9 Å². The van der Waals surface area contributed by atoms with E-state index in [0.29, 0.717) is 84.0 Å². The number of nitrogens with zero attached hydrogens (tertiary/aromatic N) is 5. The van der Waals surface area contributed by atoms with E-state index in [1.165, 1.54) is 4.90 Å². The highest BCUT2D eigenvalue weighted by Gasteiger charge is 2.31. The van der Waals surface area contributed by atoms with Crippen molar-refractivity contribution >= 4 is 134 Å². The summed E-state index contributed by atoms with van der Waals surface area (Å²) in [6.07, 6.45) is 3.11. The number of urea groups is 5. The maximum absolute atomic E-state index is 12.9. The zero-order valence-corrected chi connectivity index (χ0v) is 85.6. The van der Waals surface area contributed by atoms with Gasteiger partial charge in [-0.1, -0.05) is 184 Å². The van der Waals surface area contributed by atoms with Crippen LogP contribution in [0.2, 0.25) is 20.1 Å². The van der Waals surface area contributed by atoms with Crippen molar-refractivity contribution in [1.29, 1.82) is 0 Å². The summed E-state index contributed by atoms with van der Waals surface area (Å²) in [6.45, 7) is 38.7. The zero-order chi connectivity index (χ0) is 102. The number of carbonyl (C=O) groups excluding carboxylic acids is 8. The number of halogens is 4. The Morgan fingerprint density at radius 1 is 0.377 bits per heavy atom. The molecular formula is C106H134Cl4N18O10. The number of nitrogens with two attached hydrogens (primary N) is 3. The molecule has 138 heavy (non-hydrogen) atoms. The van der Waals surface area contributed by atoms with Gasteiger partial charge in [0.15, 0.2) is 0 Å². The second-order valence-corrected chi connectivity index (χ2v) is 38.4. The lowest BCUT2D eigenvalue weighted by molar-refractivity contribution is 0.0723. The number of hydrogen-bond acceptors (Lipinski definition) is 15. The molecule has 0 aromatic heterocycles. The van der Waals surface area contributed by atoms with Crippen LogP contribution in [0.4, 0.5) is 52.4 Å². The number of anilines is 5. The van der Waals surface area contributed by atoms with Gasteiger partial charge in [0.25, 0.3) is 17.7 Å². The Balaban J connectivity index is 0.000000236. The highest BCUT2D eigenvalue weighted by Crippen LogP contribution is 2.33. The lowest BCUT2D eigenvalue weighted by Crippen LogP contribution is -2.43. The van der Waals surface area contributed by atoms with Crippen LogP contribution in [-0.4, -0.2) is 125 Å². The van der Waals surface area contributed by atoms with Gasteiger partial charge in [-0.05, 0) is 309 Å². The number of aryl methyl sites for hydroxylation is 2. The number of carbonyl (C=O) groups is 8. The van der Waals surface area contributed by atoms with Crippen LogP contribution in [0.25, 0.3) is 0 Å². The van der Waals surface area contributed by atoms with Crippen molar-refractivity contribution in [2.24, 2.45) is 27.5 Å². The summed E-state index contributed by atoms with van der Waals surface area (Å²) in [5.74, 6) is -0.531. The topological polar surface area (TPSA) is 410 Å². The minimum absolute atomic E-state index is 0.0351. The monoisotopic (exact) mass is 1960 g/mol. The van der Waals surface area contributed by atoms with Crippen LogP contribution < -0.4 is 70.4 Å². The molecule has 1 aliphatic heterocycles. The fourth-order valence-corrected chi connectivity index (χ4v) is 15.2. The molecule has 18 N–H and O–H groups in total. The number of amides is 13. The van der Waals surface area contributed by atoms with E-state index < -0.39 is 39.8 Å². The molecule has 32 heteroatoms. The molecular weight excluding hydrogens is 1830 g/mol. The third kappa shape index (κ3) is 33.4. The van der Waals surface area contributed by atoms with E-state index in [1.807, 2.05) is 274 Å². The third-order valence-electron chi connectivity index (χ3n) is 23.0. The quantitative estimate of drug-likeness (QED) is 0.0144. The maximum Gasteiger partial charge on any atom is 0.319 e. The Hall–Kier alpha value is -13.1. The van der Waals surface area contributed by atoms with Gasteiger partial charge in [0.2, 0.25) is 0 Å². The molecule has 1 heterocycles. The normalized spacial score (nSPS) is 12.8. The number of likely N-dealkylation sites (tertiary alicyclic amines) is 1. The van der Waals surface area contributed by atoms with Crippen molar-refractivity contribution in [3.63, 3.8) is 0 Å². The predicted molar refractivity (Wildman–Crippen MR) is 561 cm³/mol.